The Bertz CT molecular complexity index is 705. The fourth-order valence-corrected chi connectivity index (χ4v) is 2.19. The molecule has 1 aliphatic rings. The van der Waals surface area contributed by atoms with Crippen LogP contribution in [-0.4, -0.2) is 45.6 Å². The van der Waals surface area contributed by atoms with Crippen molar-refractivity contribution in [3.8, 4) is 5.88 Å². The van der Waals surface area contributed by atoms with Gasteiger partial charge >= 0.3 is 6.18 Å². The summed E-state index contributed by atoms with van der Waals surface area (Å²) in [6.45, 7) is 0.314. The zero-order valence-corrected chi connectivity index (χ0v) is 14.0. The quantitative estimate of drug-likeness (QED) is 0.381. The molecule has 0 saturated heterocycles. The normalized spacial score (nSPS) is 19.9. The Kier molecular flexibility index (Phi) is 6.05. The summed E-state index contributed by atoms with van der Waals surface area (Å²) in [5, 5.41) is 23.2. The van der Waals surface area contributed by atoms with Gasteiger partial charge in [-0.3, -0.25) is 0 Å². The van der Waals surface area contributed by atoms with Crippen LogP contribution in [0.4, 0.5) is 13.2 Å². The van der Waals surface area contributed by atoms with E-state index in [1.54, 1.807) is 6.92 Å². The van der Waals surface area contributed by atoms with Gasteiger partial charge in [0.25, 0.3) is 0 Å². The molecular weight excluding hydrogens is 353 g/mol. The number of unbranched alkanes of at least 4 members (excludes halogenated alkanes) is 1. The smallest absolute Gasteiger partial charge is 0.408 e. The topological polar surface area (TPSA) is 134 Å². The molecule has 1 aromatic rings. The Hall–Kier alpha value is -2.79. The number of aromatic nitrogens is 2. The molecule has 0 spiro atoms. The predicted molar refractivity (Wildman–Crippen MR) is 87.7 cm³/mol. The van der Waals surface area contributed by atoms with Gasteiger partial charge in [-0.2, -0.15) is 18.2 Å². The molecule has 0 fully saturated rings. The Morgan fingerprint density at radius 2 is 2.15 bits per heavy atom. The van der Waals surface area contributed by atoms with Crippen molar-refractivity contribution in [3.63, 3.8) is 0 Å². The summed E-state index contributed by atoms with van der Waals surface area (Å²) in [5.41, 5.74) is 4.97. The molecule has 0 aliphatic carbocycles. The van der Waals surface area contributed by atoms with Crippen LogP contribution in [0, 0.1) is 6.92 Å². The molecule has 0 saturated carbocycles. The molecule has 1 unspecified atom stereocenters. The largest absolute Gasteiger partial charge is 0.493 e. The summed E-state index contributed by atoms with van der Waals surface area (Å²) in [5.74, 6) is 0.0583. The number of alkyl halides is 3. The van der Waals surface area contributed by atoms with Crippen LogP contribution < -0.4 is 11.1 Å². The third-order valence-corrected chi connectivity index (χ3v) is 3.52. The zero-order chi connectivity index (χ0) is 19.2. The standard InChI is InChI=1S/C14H19F3N8O/c1-9-6-19-10(22-11(9)26)4-2-3-5-13(7-21-25-24-13)23-12(18)20-8-14(15,16)17/h6-7H,2-5,8H2,1H3,(H3,18,20,23)(H,19,22,26). The van der Waals surface area contributed by atoms with Crippen LogP contribution in [0.1, 0.15) is 30.7 Å². The van der Waals surface area contributed by atoms with Gasteiger partial charge in [0.05, 0.1) is 6.21 Å². The van der Waals surface area contributed by atoms with Crippen molar-refractivity contribution >= 4 is 12.2 Å². The lowest BCUT2D eigenvalue weighted by atomic mass is 10.0. The molecule has 2 rings (SSSR count). The summed E-state index contributed by atoms with van der Waals surface area (Å²) in [4.78, 5) is 11.3. The number of nitrogens with one attached hydrogen (secondary N) is 1. The van der Waals surface area contributed by atoms with Gasteiger partial charge in [0.1, 0.15) is 12.4 Å². The molecule has 1 aliphatic heterocycles. The van der Waals surface area contributed by atoms with Crippen molar-refractivity contribution in [1.29, 1.82) is 0 Å². The first-order valence-electron chi connectivity index (χ1n) is 7.82. The number of aliphatic imine (C=N–C) groups is 1. The SMILES string of the molecule is Cc1cnc(CCCCC2(NC(N)=NCC(F)(F)F)C=NN=N2)nc1O. The molecule has 1 aromatic heterocycles. The van der Waals surface area contributed by atoms with Crippen LogP contribution in [0.15, 0.2) is 26.6 Å². The lowest BCUT2D eigenvalue weighted by molar-refractivity contribution is -0.118. The van der Waals surface area contributed by atoms with E-state index in [0.717, 1.165) is 0 Å². The zero-order valence-electron chi connectivity index (χ0n) is 14.0. The summed E-state index contributed by atoms with van der Waals surface area (Å²) >= 11 is 0. The number of hydrogen-bond donors (Lipinski definition) is 3. The molecule has 12 heteroatoms. The highest BCUT2D eigenvalue weighted by molar-refractivity contribution is 5.84. The van der Waals surface area contributed by atoms with Gasteiger partial charge in [0.2, 0.25) is 5.88 Å². The summed E-state index contributed by atoms with van der Waals surface area (Å²) in [6, 6.07) is 0. The number of nitrogens with two attached hydrogens (primary N) is 1. The van der Waals surface area contributed by atoms with Crippen molar-refractivity contribution in [1.82, 2.24) is 15.3 Å². The fraction of sp³-hybridized carbons (Fsp3) is 0.571. The molecule has 1 atom stereocenters. The van der Waals surface area contributed by atoms with Crippen LogP contribution in [0.2, 0.25) is 0 Å². The summed E-state index contributed by atoms with van der Waals surface area (Å²) in [7, 11) is 0. The minimum absolute atomic E-state index is 0.0569. The first-order valence-corrected chi connectivity index (χ1v) is 7.82. The molecule has 0 bridgehead atoms. The van der Waals surface area contributed by atoms with Crippen LogP contribution >= 0.6 is 0 Å². The van der Waals surface area contributed by atoms with E-state index in [9.17, 15) is 18.3 Å². The average Bonchev–Trinajstić information content (AvgIpc) is 3.01. The van der Waals surface area contributed by atoms with E-state index in [0.29, 0.717) is 37.1 Å². The maximum Gasteiger partial charge on any atom is 0.408 e. The number of rotatable bonds is 7. The van der Waals surface area contributed by atoms with Gasteiger partial charge < -0.3 is 16.2 Å². The second-order valence-corrected chi connectivity index (χ2v) is 5.80. The molecular formula is C14H19F3N8O. The number of aromatic hydroxyl groups is 1. The van der Waals surface area contributed by atoms with E-state index in [2.05, 4.69) is 35.7 Å². The van der Waals surface area contributed by atoms with Gasteiger partial charge in [0, 0.05) is 18.2 Å². The Labute approximate surface area is 147 Å². The van der Waals surface area contributed by atoms with E-state index < -0.39 is 18.4 Å². The molecule has 0 aromatic carbocycles. The van der Waals surface area contributed by atoms with Crippen LogP contribution in [-0.2, 0) is 6.42 Å². The van der Waals surface area contributed by atoms with Gasteiger partial charge in [0.15, 0.2) is 11.6 Å². The molecule has 0 radical (unpaired) electrons. The van der Waals surface area contributed by atoms with Gasteiger partial charge in [-0.1, -0.05) is 0 Å². The lowest BCUT2D eigenvalue weighted by Crippen LogP contribution is -2.50. The van der Waals surface area contributed by atoms with E-state index in [-0.39, 0.29) is 11.8 Å². The third kappa shape index (κ3) is 5.93. The highest BCUT2D eigenvalue weighted by Gasteiger charge is 2.32. The molecule has 9 nitrogen and oxygen atoms in total. The minimum atomic E-state index is -4.44. The van der Waals surface area contributed by atoms with E-state index in [1.807, 2.05) is 0 Å². The van der Waals surface area contributed by atoms with Crippen LogP contribution in [0.25, 0.3) is 0 Å². The number of nitrogens with zero attached hydrogens (tertiary/aromatic N) is 6. The second kappa shape index (κ2) is 8.06. The molecule has 26 heavy (non-hydrogen) atoms. The lowest BCUT2D eigenvalue weighted by Gasteiger charge is -2.23. The first-order chi connectivity index (χ1) is 12.2. The summed E-state index contributed by atoms with van der Waals surface area (Å²) < 4.78 is 36.6. The highest BCUT2D eigenvalue weighted by atomic mass is 19.4. The maximum absolute atomic E-state index is 12.2. The van der Waals surface area contributed by atoms with Crippen molar-refractivity contribution in [2.45, 2.75) is 44.4 Å². The van der Waals surface area contributed by atoms with Crippen LogP contribution in [0.3, 0.4) is 0 Å². The molecule has 142 valence electrons. The number of halogens is 3. The average molecular weight is 372 g/mol. The third-order valence-electron chi connectivity index (χ3n) is 3.52. The van der Waals surface area contributed by atoms with Crippen molar-refractivity contribution in [2.75, 3.05) is 6.54 Å². The minimum Gasteiger partial charge on any atom is -0.493 e. The monoisotopic (exact) mass is 372 g/mol. The first kappa shape index (κ1) is 19.5. The van der Waals surface area contributed by atoms with E-state index in [1.165, 1.54) is 12.4 Å². The Morgan fingerprint density at radius 1 is 1.38 bits per heavy atom. The Balaban J connectivity index is 1.87. The van der Waals surface area contributed by atoms with Gasteiger partial charge in [-0.25, -0.2) is 9.98 Å². The van der Waals surface area contributed by atoms with E-state index in [4.69, 9.17) is 5.73 Å². The molecule has 0 amide bonds. The number of guanidine groups is 1. The highest BCUT2D eigenvalue weighted by Crippen LogP contribution is 2.20. The number of hydrogen-bond acceptors (Lipinski definition) is 7. The van der Waals surface area contributed by atoms with Crippen molar-refractivity contribution < 1.29 is 18.3 Å². The van der Waals surface area contributed by atoms with Gasteiger partial charge in [-0.15, -0.1) is 10.2 Å². The van der Waals surface area contributed by atoms with Gasteiger partial charge in [-0.05, 0) is 31.4 Å². The fourth-order valence-electron chi connectivity index (χ4n) is 2.19. The molecule has 4 N–H and O–H groups in total. The second-order valence-electron chi connectivity index (χ2n) is 5.80. The summed E-state index contributed by atoms with van der Waals surface area (Å²) in [6.07, 6.45) is 0.658. The van der Waals surface area contributed by atoms with Crippen LogP contribution in [0.5, 0.6) is 5.88 Å². The van der Waals surface area contributed by atoms with Crippen molar-refractivity contribution in [3.05, 3.63) is 17.6 Å². The Morgan fingerprint density at radius 3 is 2.77 bits per heavy atom. The predicted octanol–water partition coefficient (Wildman–Crippen LogP) is 1.82. The number of aryl methyl sites for hydroxylation is 2. The van der Waals surface area contributed by atoms with Crippen molar-refractivity contribution in [2.24, 2.45) is 26.2 Å². The maximum atomic E-state index is 12.2. The van der Waals surface area contributed by atoms with E-state index >= 15 is 0 Å². The molecule has 2 heterocycles.